The molecule has 0 bridgehead atoms. The summed E-state index contributed by atoms with van der Waals surface area (Å²) in [6, 6.07) is 9.33. The molecule has 3 amide bonds. The lowest BCUT2D eigenvalue weighted by atomic mass is 10.1. The van der Waals surface area contributed by atoms with Crippen LogP contribution in [-0.2, 0) is 19.1 Å². The zero-order chi connectivity index (χ0) is 24.8. The number of rotatable bonds is 8. The second kappa shape index (κ2) is 11.1. The van der Waals surface area contributed by atoms with E-state index in [-0.39, 0.29) is 40.7 Å². The maximum Gasteiger partial charge on any atom is 0.311 e. The lowest BCUT2D eigenvalue weighted by molar-refractivity contribution is -0.151. The fourth-order valence-electron chi connectivity index (χ4n) is 3.26. The number of carbonyl (C=O) groups excluding carboxylic acids is 4. The lowest BCUT2D eigenvalue weighted by Crippen LogP contribution is -2.43. The molecule has 1 fully saturated rings. The summed E-state index contributed by atoms with van der Waals surface area (Å²) in [5.41, 5.74) is 2.83. The van der Waals surface area contributed by atoms with Crippen molar-refractivity contribution in [2.24, 2.45) is 5.92 Å². The van der Waals surface area contributed by atoms with Crippen LogP contribution in [0.15, 0.2) is 36.4 Å². The summed E-state index contributed by atoms with van der Waals surface area (Å²) in [5.74, 6) is -2.87. The predicted octanol–water partition coefficient (Wildman–Crippen LogP) is 2.69. The Morgan fingerprint density at radius 2 is 1.76 bits per heavy atom. The van der Waals surface area contributed by atoms with Gasteiger partial charge in [-0.3, -0.25) is 29.6 Å². The van der Waals surface area contributed by atoms with Gasteiger partial charge in [-0.1, -0.05) is 29.3 Å². The van der Waals surface area contributed by atoms with E-state index in [1.54, 1.807) is 24.3 Å². The minimum absolute atomic E-state index is 0.0997. The molecule has 1 aliphatic heterocycles. The molecular weight excluding hydrogens is 489 g/mol. The number of ether oxygens (including phenoxy) is 3. The van der Waals surface area contributed by atoms with Crippen molar-refractivity contribution in [2.45, 2.75) is 6.42 Å². The van der Waals surface area contributed by atoms with E-state index in [1.807, 2.05) is 0 Å². The number of nitrogens with zero attached hydrogens (tertiary/aromatic N) is 1. The Kier molecular flexibility index (Phi) is 8.19. The summed E-state index contributed by atoms with van der Waals surface area (Å²) in [4.78, 5) is 49.6. The molecule has 2 aromatic carbocycles. The third-order valence-electron chi connectivity index (χ3n) is 4.90. The van der Waals surface area contributed by atoms with E-state index in [2.05, 4.69) is 10.7 Å². The third kappa shape index (κ3) is 5.89. The summed E-state index contributed by atoms with van der Waals surface area (Å²) in [7, 11) is 2.80. The van der Waals surface area contributed by atoms with Crippen molar-refractivity contribution in [3.8, 4) is 11.5 Å². The van der Waals surface area contributed by atoms with Gasteiger partial charge in [0.05, 0.1) is 37.4 Å². The molecule has 10 nitrogen and oxygen atoms in total. The highest BCUT2D eigenvalue weighted by Gasteiger charge is 2.37. The number of methoxy groups -OCH3 is 2. The Labute approximate surface area is 205 Å². The molecule has 0 unspecified atom stereocenters. The highest BCUT2D eigenvalue weighted by Crippen LogP contribution is 2.29. The van der Waals surface area contributed by atoms with Crippen molar-refractivity contribution >= 4 is 52.6 Å². The van der Waals surface area contributed by atoms with Gasteiger partial charge < -0.3 is 19.5 Å². The summed E-state index contributed by atoms with van der Waals surface area (Å²) >= 11 is 11.9. The highest BCUT2D eigenvalue weighted by atomic mass is 35.5. The fourth-order valence-corrected chi connectivity index (χ4v) is 3.60. The fraction of sp³-hybridized carbons (Fsp3) is 0.273. The van der Waals surface area contributed by atoms with Gasteiger partial charge in [-0.05, 0) is 30.3 Å². The first-order chi connectivity index (χ1) is 16.2. The van der Waals surface area contributed by atoms with Crippen LogP contribution in [-0.4, -0.2) is 56.1 Å². The molecule has 34 heavy (non-hydrogen) atoms. The number of anilines is 1. The molecule has 3 rings (SSSR count). The Balaban J connectivity index is 1.56. The van der Waals surface area contributed by atoms with E-state index >= 15 is 0 Å². The zero-order valence-electron chi connectivity index (χ0n) is 18.2. The number of benzene rings is 2. The number of carbonyl (C=O) groups is 4. The average molecular weight is 510 g/mol. The Hall–Kier alpha value is -3.50. The van der Waals surface area contributed by atoms with E-state index < -0.39 is 36.2 Å². The van der Waals surface area contributed by atoms with Crippen LogP contribution in [0.4, 0.5) is 5.69 Å². The lowest BCUT2D eigenvalue weighted by Gasteiger charge is -2.19. The number of esters is 1. The number of amides is 3. The van der Waals surface area contributed by atoms with Gasteiger partial charge >= 0.3 is 5.97 Å². The van der Waals surface area contributed by atoms with Crippen LogP contribution in [0.25, 0.3) is 0 Å². The van der Waals surface area contributed by atoms with Crippen molar-refractivity contribution in [2.75, 3.05) is 32.7 Å². The van der Waals surface area contributed by atoms with Crippen LogP contribution in [0.5, 0.6) is 11.5 Å². The van der Waals surface area contributed by atoms with Gasteiger partial charge in [0, 0.05) is 11.4 Å². The van der Waals surface area contributed by atoms with Crippen LogP contribution in [0.1, 0.15) is 16.8 Å². The number of hydrazine groups is 1. The molecule has 1 aliphatic rings. The molecule has 1 atom stereocenters. The molecule has 0 aliphatic carbocycles. The first kappa shape index (κ1) is 25.1. The van der Waals surface area contributed by atoms with Crippen LogP contribution in [0.2, 0.25) is 10.0 Å². The number of nitrogens with one attached hydrogen (secondary N) is 2. The molecule has 0 radical (unpaired) electrons. The molecule has 1 saturated heterocycles. The molecule has 2 N–H and O–H groups in total. The maximum absolute atomic E-state index is 12.8. The van der Waals surface area contributed by atoms with Gasteiger partial charge in [0.2, 0.25) is 5.91 Å². The highest BCUT2D eigenvalue weighted by molar-refractivity contribution is 6.35. The maximum atomic E-state index is 12.8. The molecule has 1 heterocycles. The average Bonchev–Trinajstić information content (AvgIpc) is 3.19. The summed E-state index contributed by atoms with van der Waals surface area (Å²) in [5, 5.41) is 4.15. The largest absolute Gasteiger partial charge is 0.496 e. The molecule has 0 saturated carbocycles. The Bertz CT molecular complexity index is 1100. The van der Waals surface area contributed by atoms with E-state index in [1.165, 1.54) is 26.4 Å². The molecule has 0 spiro atoms. The first-order valence-corrected chi connectivity index (χ1v) is 10.7. The quantitative estimate of drug-likeness (QED) is 0.524. The molecule has 0 aromatic heterocycles. The van der Waals surface area contributed by atoms with E-state index in [9.17, 15) is 19.2 Å². The minimum Gasteiger partial charge on any atom is -0.496 e. The topological polar surface area (TPSA) is 123 Å². The molecule has 12 heteroatoms. The normalized spacial score (nSPS) is 15.0. The minimum atomic E-state index is -0.866. The second-order valence-electron chi connectivity index (χ2n) is 7.16. The molecular formula is C22H21Cl2N3O7. The van der Waals surface area contributed by atoms with Crippen molar-refractivity contribution in [1.82, 2.24) is 10.4 Å². The Morgan fingerprint density at radius 3 is 2.41 bits per heavy atom. The summed E-state index contributed by atoms with van der Waals surface area (Å²) in [6.07, 6.45) is -0.191. The summed E-state index contributed by atoms with van der Waals surface area (Å²) in [6.45, 7) is -0.709. The molecule has 2 aromatic rings. The van der Waals surface area contributed by atoms with Crippen molar-refractivity contribution < 1.29 is 33.4 Å². The van der Waals surface area contributed by atoms with Crippen LogP contribution < -0.4 is 20.2 Å². The monoisotopic (exact) mass is 509 g/mol. The smallest absolute Gasteiger partial charge is 0.311 e. The van der Waals surface area contributed by atoms with Gasteiger partial charge in [0.15, 0.2) is 6.61 Å². The summed E-state index contributed by atoms with van der Waals surface area (Å²) < 4.78 is 15.4. The third-order valence-corrected chi connectivity index (χ3v) is 5.46. The van der Waals surface area contributed by atoms with Gasteiger partial charge in [-0.15, -0.1) is 0 Å². The van der Waals surface area contributed by atoms with Gasteiger partial charge in [-0.25, -0.2) is 0 Å². The number of hydrogen-bond donors (Lipinski definition) is 2. The standard InChI is InChI=1S/C22H21Cl2N3O7/c1-32-16-4-3-5-17(33-2)20(16)21(30)26-27-10-12(8-19(27)29)22(31)34-11-18(28)25-15-9-13(23)6-7-14(15)24/h3-7,9,12H,8,10-11H2,1-2H3,(H,25,28)(H,26,30)/t12-/m1/s1. The van der Waals surface area contributed by atoms with Gasteiger partial charge in [0.1, 0.15) is 17.1 Å². The van der Waals surface area contributed by atoms with Crippen molar-refractivity contribution in [3.63, 3.8) is 0 Å². The van der Waals surface area contributed by atoms with Crippen LogP contribution >= 0.6 is 23.2 Å². The van der Waals surface area contributed by atoms with E-state index in [0.717, 1.165) is 5.01 Å². The zero-order valence-corrected chi connectivity index (χ0v) is 19.7. The van der Waals surface area contributed by atoms with Crippen molar-refractivity contribution in [3.05, 3.63) is 52.0 Å². The second-order valence-corrected chi connectivity index (χ2v) is 8.01. The van der Waals surface area contributed by atoms with Crippen LogP contribution in [0.3, 0.4) is 0 Å². The van der Waals surface area contributed by atoms with Crippen LogP contribution in [0, 0.1) is 5.92 Å². The van der Waals surface area contributed by atoms with Gasteiger partial charge in [-0.2, -0.15) is 0 Å². The first-order valence-electron chi connectivity index (χ1n) is 9.97. The van der Waals surface area contributed by atoms with E-state index in [4.69, 9.17) is 37.4 Å². The predicted molar refractivity (Wildman–Crippen MR) is 123 cm³/mol. The number of halogens is 2. The Morgan fingerprint density at radius 1 is 1.09 bits per heavy atom. The van der Waals surface area contributed by atoms with Gasteiger partial charge in [0.25, 0.3) is 11.8 Å². The van der Waals surface area contributed by atoms with Crippen molar-refractivity contribution in [1.29, 1.82) is 0 Å². The molecule has 180 valence electrons. The SMILES string of the molecule is COc1cccc(OC)c1C(=O)NN1C[C@H](C(=O)OCC(=O)Nc2cc(Cl)ccc2Cl)CC1=O. The number of hydrogen-bond acceptors (Lipinski definition) is 7. The van der Waals surface area contributed by atoms with E-state index in [0.29, 0.717) is 5.02 Å².